The van der Waals surface area contributed by atoms with E-state index in [0.29, 0.717) is 12.3 Å². The Morgan fingerprint density at radius 2 is 1.70 bits per heavy atom. The zero-order chi connectivity index (χ0) is 16.9. The van der Waals surface area contributed by atoms with E-state index in [1.165, 1.54) is 12.1 Å². The summed E-state index contributed by atoms with van der Waals surface area (Å²) in [6.07, 6.45) is 0. The van der Waals surface area contributed by atoms with Gasteiger partial charge in [0.05, 0.1) is 6.61 Å². The maximum absolute atomic E-state index is 12.9. The summed E-state index contributed by atoms with van der Waals surface area (Å²) in [7, 11) is -3.25. The Bertz CT molecular complexity index is 809. The van der Waals surface area contributed by atoms with Gasteiger partial charge >= 0.3 is 16.3 Å². The van der Waals surface area contributed by atoms with Crippen molar-refractivity contribution >= 4 is 27.6 Å². The van der Waals surface area contributed by atoms with Crippen LogP contribution >= 0.6 is 0 Å². The normalized spacial score (nSPS) is 11.0. The van der Waals surface area contributed by atoms with Crippen LogP contribution < -0.4 is 10.6 Å². The lowest BCUT2D eigenvalue weighted by Crippen LogP contribution is -2.19. The van der Waals surface area contributed by atoms with Crippen LogP contribution in [0.2, 0.25) is 0 Å². The summed E-state index contributed by atoms with van der Waals surface area (Å²) >= 11 is 0. The molecule has 122 valence electrons. The molecule has 0 saturated carbocycles. The van der Waals surface area contributed by atoms with Crippen LogP contribution in [0.5, 0.6) is 0 Å². The van der Waals surface area contributed by atoms with Crippen molar-refractivity contribution in [2.75, 3.05) is 17.7 Å². The van der Waals surface area contributed by atoms with Gasteiger partial charge in [-0.15, -0.1) is 3.89 Å². The number of urea groups is 1. The van der Waals surface area contributed by atoms with Crippen molar-refractivity contribution < 1.29 is 21.8 Å². The van der Waals surface area contributed by atoms with Gasteiger partial charge < -0.3 is 15.4 Å². The number of nitrogens with one attached hydrogen (secondary N) is 2. The number of halogens is 1. The van der Waals surface area contributed by atoms with Gasteiger partial charge in [0.15, 0.2) is 0 Å². The van der Waals surface area contributed by atoms with Gasteiger partial charge in [-0.2, -0.15) is 8.42 Å². The Labute approximate surface area is 133 Å². The predicted octanol–water partition coefficient (Wildman–Crippen LogP) is 3.14. The maximum atomic E-state index is 12.9. The van der Waals surface area contributed by atoms with Crippen molar-refractivity contribution in [2.45, 2.75) is 11.5 Å². The average molecular weight is 338 g/mol. The summed E-state index contributed by atoms with van der Waals surface area (Å²) in [4.78, 5) is 11.4. The molecule has 0 bridgehead atoms. The number of anilines is 2. The van der Waals surface area contributed by atoms with Gasteiger partial charge in [-0.25, -0.2) is 4.79 Å². The molecule has 0 fully saturated rings. The molecule has 8 heteroatoms. The zero-order valence-corrected chi connectivity index (χ0v) is 13.1. The number of hydrogen-bond donors (Lipinski definition) is 2. The van der Waals surface area contributed by atoms with Crippen LogP contribution in [0.4, 0.5) is 20.1 Å². The molecule has 2 aromatic carbocycles. The highest BCUT2D eigenvalue weighted by atomic mass is 32.3. The van der Waals surface area contributed by atoms with Crippen LogP contribution in [-0.4, -0.2) is 21.6 Å². The number of hydrogen-bond acceptors (Lipinski definition) is 4. The SMILES string of the molecule is COCc1cccc(NC(=O)Nc2cccc(S(=O)(=O)F)c2)c1. The minimum Gasteiger partial charge on any atom is -0.380 e. The summed E-state index contributed by atoms with van der Waals surface area (Å²) in [5.74, 6) is 0. The first-order valence-corrected chi connectivity index (χ1v) is 7.97. The van der Waals surface area contributed by atoms with E-state index in [4.69, 9.17) is 4.74 Å². The van der Waals surface area contributed by atoms with E-state index in [0.717, 1.165) is 17.7 Å². The zero-order valence-electron chi connectivity index (χ0n) is 12.2. The second-order valence-corrected chi connectivity index (χ2v) is 6.03. The van der Waals surface area contributed by atoms with Crippen LogP contribution in [0, 0.1) is 0 Å². The van der Waals surface area contributed by atoms with E-state index in [1.807, 2.05) is 6.07 Å². The van der Waals surface area contributed by atoms with Crippen LogP contribution in [0.15, 0.2) is 53.4 Å². The number of carbonyl (C=O) groups excluding carboxylic acids is 1. The van der Waals surface area contributed by atoms with Crippen molar-refractivity contribution in [3.05, 3.63) is 54.1 Å². The highest BCUT2D eigenvalue weighted by Crippen LogP contribution is 2.18. The maximum Gasteiger partial charge on any atom is 0.332 e. The molecular weight excluding hydrogens is 323 g/mol. The minimum absolute atomic E-state index is 0.161. The molecule has 2 aromatic rings. The molecule has 23 heavy (non-hydrogen) atoms. The van der Waals surface area contributed by atoms with E-state index < -0.39 is 21.1 Å². The second-order valence-electron chi connectivity index (χ2n) is 4.68. The van der Waals surface area contributed by atoms with Crippen LogP contribution in [-0.2, 0) is 21.6 Å². The number of benzene rings is 2. The molecule has 0 radical (unpaired) electrons. The molecule has 0 aliphatic carbocycles. The van der Waals surface area contributed by atoms with Gasteiger partial charge in [0.2, 0.25) is 0 Å². The summed E-state index contributed by atoms with van der Waals surface area (Å²) in [5, 5.41) is 5.04. The number of rotatable bonds is 5. The van der Waals surface area contributed by atoms with Gasteiger partial charge in [-0.3, -0.25) is 0 Å². The Kier molecular flexibility index (Phi) is 5.30. The number of amides is 2. The topological polar surface area (TPSA) is 84.5 Å². The third-order valence-electron chi connectivity index (χ3n) is 2.87. The van der Waals surface area contributed by atoms with Crippen molar-refractivity contribution in [3.8, 4) is 0 Å². The van der Waals surface area contributed by atoms with Crippen molar-refractivity contribution in [3.63, 3.8) is 0 Å². The van der Waals surface area contributed by atoms with Gasteiger partial charge in [-0.05, 0) is 35.9 Å². The van der Waals surface area contributed by atoms with Crippen LogP contribution in [0.1, 0.15) is 5.56 Å². The highest BCUT2D eigenvalue weighted by Gasteiger charge is 2.12. The van der Waals surface area contributed by atoms with Crippen LogP contribution in [0.3, 0.4) is 0 Å². The average Bonchev–Trinajstić information content (AvgIpc) is 2.47. The fraction of sp³-hybridized carbons (Fsp3) is 0.133. The standard InChI is InChI=1S/C15H15FN2O4S/c1-22-10-11-4-2-5-12(8-11)17-15(19)18-13-6-3-7-14(9-13)23(16,20)21/h2-9H,10H2,1H3,(H2,17,18,19). The molecule has 0 aromatic heterocycles. The van der Waals surface area contributed by atoms with E-state index in [1.54, 1.807) is 25.3 Å². The van der Waals surface area contributed by atoms with Gasteiger partial charge in [0, 0.05) is 18.5 Å². The fourth-order valence-electron chi connectivity index (χ4n) is 1.92. The minimum atomic E-state index is -4.82. The second kappa shape index (κ2) is 7.21. The van der Waals surface area contributed by atoms with E-state index in [2.05, 4.69) is 10.6 Å². The first kappa shape index (κ1) is 16.9. The monoisotopic (exact) mass is 338 g/mol. The molecule has 2 amide bonds. The summed E-state index contributed by atoms with van der Waals surface area (Å²) in [5.41, 5.74) is 1.59. The summed E-state index contributed by atoms with van der Waals surface area (Å²) < 4.78 is 39.7. The van der Waals surface area contributed by atoms with Crippen molar-refractivity contribution in [1.82, 2.24) is 0 Å². The molecule has 6 nitrogen and oxygen atoms in total. The van der Waals surface area contributed by atoms with E-state index in [-0.39, 0.29) is 5.69 Å². The lowest BCUT2D eigenvalue weighted by molar-refractivity contribution is 0.185. The number of methoxy groups -OCH3 is 1. The summed E-state index contributed by atoms with van der Waals surface area (Å²) in [6, 6.07) is 11.4. The molecular formula is C15H15FN2O4S. The third-order valence-corrected chi connectivity index (χ3v) is 3.69. The first-order valence-electron chi connectivity index (χ1n) is 6.59. The van der Waals surface area contributed by atoms with Crippen molar-refractivity contribution in [1.29, 1.82) is 0 Å². The molecule has 0 aliphatic rings. The van der Waals surface area contributed by atoms with Gasteiger partial charge in [-0.1, -0.05) is 18.2 Å². The van der Waals surface area contributed by atoms with Gasteiger partial charge in [0.1, 0.15) is 4.90 Å². The van der Waals surface area contributed by atoms with Crippen LogP contribution in [0.25, 0.3) is 0 Å². The number of carbonyl (C=O) groups is 1. The molecule has 0 aliphatic heterocycles. The highest BCUT2D eigenvalue weighted by molar-refractivity contribution is 7.86. The predicted molar refractivity (Wildman–Crippen MR) is 84.5 cm³/mol. The molecule has 2 rings (SSSR count). The molecule has 0 heterocycles. The third kappa shape index (κ3) is 5.04. The lowest BCUT2D eigenvalue weighted by Gasteiger charge is -2.09. The Morgan fingerprint density at radius 3 is 2.30 bits per heavy atom. The lowest BCUT2D eigenvalue weighted by atomic mass is 10.2. The molecule has 0 spiro atoms. The summed E-state index contributed by atoms with van der Waals surface area (Å²) in [6.45, 7) is 0.410. The number of ether oxygens (including phenoxy) is 1. The quantitative estimate of drug-likeness (QED) is 0.820. The molecule has 0 saturated heterocycles. The molecule has 0 atom stereocenters. The smallest absolute Gasteiger partial charge is 0.332 e. The Hall–Kier alpha value is -2.45. The van der Waals surface area contributed by atoms with E-state index in [9.17, 15) is 17.1 Å². The Balaban J connectivity index is 2.07. The molecule has 2 N–H and O–H groups in total. The van der Waals surface area contributed by atoms with Gasteiger partial charge in [0.25, 0.3) is 0 Å². The Morgan fingerprint density at radius 1 is 1.09 bits per heavy atom. The first-order chi connectivity index (χ1) is 10.9. The fourth-order valence-corrected chi connectivity index (χ4v) is 2.43. The van der Waals surface area contributed by atoms with E-state index >= 15 is 0 Å². The largest absolute Gasteiger partial charge is 0.380 e. The molecule has 0 unspecified atom stereocenters. The van der Waals surface area contributed by atoms with Crippen molar-refractivity contribution in [2.24, 2.45) is 0 Å².